The van der Waals surface area contributed by atoms with E-state index in [1.165, 1.54) is 6.07 Å². The second-order valence-electron chi connectivity index (χ2n) is 4.92. The van der Waals surface area contributed by atoms with Gasteiger partial charge in [0, 0.05) is 21.2 Å². The summed E-state index contributed by atoms with van der Waals surface area (Å²) in [6.07, 6.45) is -3.64. The molecular formula is C18H12Br2F3NO2. The number of phenolic OH excluding ortho intramolecular Hbond substituents is 1. The molecule has 3 aromatic rings. The zero-order chi connectivity index (χ0) is 19.2. The van der Waals surface area contributed by atoms with Gasteiger partial charge in [-0.3, -0.25) is 0 Å². The number of alkyl halides is 3. The van der Waals surface area contributed by atoms with Crippen LogP contribution in [0.4, 0.5) is 13.2 Å². The smallest absolute Gasteiger partial charge is 0.417 e. The molecule has 1 aromatic heterocycles. The fourth-order valence-corrected chi connectivity index (χ4v) is 2.50. The molecule has 0 saturated carbocycles. The van der Waals surface area contributed by atoms with E-state index in [-0.39, 0.29) is 5.88 Å². The molecular weight excluding hydrogens is 479 g/mol. The number of pyridine rings is 1. The van der Waals surface area contributed by atoms with E-state index in [0.717, 1.165) is 21.2 Å². The number of halogens is 5. The summed E-state index contributed by atoms with van der Waals surface area (Å²) in [6.45, 7) is 0. The Morgan fingerprint density at radius 1 is 0.885 bits per heavy atom. The highest BCUT2D eigenvalue weighted by Crippen LogP contribution is 2.30. The van der Waals surface area contributed by atoms with Crippen molar-refractivity contribution in [3.05, 3.63) is 81.4 Å². The summed E-state index contributed by atoms with van der Waals surface area (Å²) in [5, 5.41) is 8.78. The number of hydrogen-bond acceptors (Lipinski definition) is 3. The molecule has 2 aromatic carbocycles. The van der Waals surface area contributed by atoms with E-state index in [1.54, 1.807) is 36.4 Å². The maximum absolute atomic E-state index is 12.3. The Morgan fingerprint density at radius 3 is 2.00 bits per heavy atom. The lowest BCUT2D eigenvalue weighted by Gasteiger charge is -2.08. The van der Waals surface area contributed by atoms with Crippen molar-refractivity contribution in [3.63, 3.8) is 0 Å². The Hall–Kier alpha value is -2.06. The molecule has 0 saturated heterocycles. The molecule has 0 amide bonds. The predicted molar refractivity (Wildman–Crippen MR) is 99.3 cm³/mol. The van der Waals surface area contributed by atoms with Gasteiger partial charge in [-0.2, -0.15) is 13.2 Å². The monoisotopic (exact) mass is 489 g/mol. The summed E-state index contributed by atoms with van der Waals surface area (Å²) in [4.78, 5) is 3.61. The Morgan fingerprint density at radius 2 is 1.54 bits per heavy atom. The Balaban J connectivity index is 0.000000254. The van der Waals surface area contributed by atoms with Gasteiger partial charge in [0.05, 0.1) is 5.56 Å². The van der Waals surface area contributed by atoms with Crippen LogP contribution in [0.1, 0.15) is 5.56 Å². The number of aromatic nitrogens is 1. The number of benzene rings is 2. The summed E-state index contributed by atoms with van der Waals surface area (Å²) >= 11 is 6.47. The van der Waals surface area contributed by atoms with Crippen LogP contribution in [-0.2, 0) is 6.18 Å². The Bertz CT molecular complexity index is 838. The van der Waals surface area contributed by atoms with Gasteiger partial charge in [0.15, 0.2) is 0 Å². The van der Waals surface area contributed by atoms with Gasteiger partial charge < -0.3 is 9.84 Å². The van der Waals surface area contributed by atoms with Gasteiger partial charge in [0.1, 0.15) is 11.5 Å². The van der Waals surface area contributed by atoms with Crippen LogP contribution >= 0.6 is 31.9 Å². The van der Waals surface area contributed by atoms with Crippen molar-refractivity contribution < 1.29 is 23.0 Å². The van der Waals surface area contributed by atoms with Gasteiger partial charge in [-0.05, 0) is 42.5 Å². The molecule has 0 radical (unpaired) electrons. The molecule has 0 unspecified atom stereocenters. The molecule has 3 rings (SSSR count). The van der Waals surface area contributed by atoms with Crippen molar-refractivity contribution in [2.75, 3.05) is 0 Å². The quantitative estimate of drug-likeness (QED) is 0.429. The number of nitrogens with zero attached hydrogens (tertiary/aromatic N) is 1. The number of phenols is 1. The average Bonchev–Trinajstić information content (AvgIpc) is 2.55. The maximum atomic E-state index is 12.3. The molecule has 0 aliphatic rings. The number of ether oxygens (including phenoxy) is 1. The molecule has 1 N–H and O–H groups in total. The molecule has 0 aliphatic heterocycles. The third-order valence-electron chi connectivity index (χ3n) is 2.89. The summed E-state index contributed by atoms with van der Waals surface area (Å²) in [7, 11) is 0. The maximum Gasteiger partial charge on any atom is 0.417 e. The largest absolute Gasteiger partial charge is 0.508 e. The highest BCUT2D eigenvalue weighted by atomic mass is 79.9. The zero-order valence-electron chi connectivity index (χ0n) is 13.0. The van der Waals surface area contributed by atoms with Crippen LogP contribution in [0.25, 0.3) is 0 Å². The van der Waals surface area contributed by atoms with Gasteiger partial charge >= 0.3 is 6.18 Å². The van der Waals surface area contributed by atoms with Crippen LogP contribution in [0.5, 0.6) is 17.4 Å². The first-order valence-electron chi connectivity index (χ1n) is 7.15. The van der Waals surface area contributed by atoms with Crippen molar-refractivity contribution in [1.29, 1.82) is 0 Å². The molecule has 26 heavy (non-hydrogen) atoms. The van der Waals surface area contributed by atoms with Gasteiger partial charge in [-0.1, -0.05) is 44.0 Å². The highest BCUT2D eigenvalue weighted by Gasteiger charge is 2.30. The molecule has 0 fully saturated rings. The van der Waals surface area contributed by atoms with Crippen LogP contribution in [0.2, 0.25) is 0 Å². The minimum Gasteiger partial charge on any atom is -0.508 e. The van der Waals surface area contributed by atoms with Gasteiger partial charge in [0.2, 0.25) is 5.88 Å². The lowest BCUT2D eigenvalue weighted by Crippen LogP contribution is -2.05. The van der Waals surface area contributed by atoms with Crippen LogP contribution in [0.15, 0.2) is 75.8 Å². The van der Waals surface area contributed by atoms with E-state index in [2.05, 4.69) is 36.8 Å². The minimum atomic E-state index is -4.39. The van der Waals surface area contributed by atoms with E-state index in [0.29, 0.717) is 11.5 Å². The first kappa shape index (κ1) is 20.3. The fourth-order valence-electron chi connectivity index (χ4n) is 1.74. The molecule has 0 atom stereocenters. The van der Waals surface area contributed by atoms with Crippen molar-refractivity contribution in [3.8, 4) is 17.4 Å². The molecule has 0 aliphatic carbocycles. The molecule has 0 bridgehead atoms. The van der Waals surface area contributed by atoms with E-state index < -0.39 is 11.7 Å². The number of hydrogen-bond donors (Lipinski definition) is 1. The summed E-state index contributed by atoms with van der Waals surface area (Å²) in [5.41, 5.74) is -0.802. The van der Waals surface area contributed by atoms with Crippen molar-refractivity contribution >= 4 is 31.9 Å². The van der Waals surface area contributed by atoms with E-state index in [1.807, 2.05) is 12.1 Å². The second-order valence-corrected chi connectivity index (χ2v) is 6.75. The third kappa shape index (κ3) is 6.68. The van der Waals surface area contributed by atoms with Crippen LogP contribution in [-0.4, -0.2) is 10.1 Å². The lowest BCUT2D eigenvalue weighted by molar-refractivity contribution is -0.137. The molecule has 136 valence electrons. The summed E-state index contributed by atoms with van der Waals surface area (Å²) in [6, 6.07) is 16.0. The van der Waals surface area contributed by atoms with Crippen molar-refractivity contribution in [2.45, 2.75) is 6.18 Å². The van der Waals surface area contributed by atoms with Gasteiger partial charge in [-0.25, -0.2) is 4.98 Å². The van der Waals surface area contributed by atoms with Gasteiger partial charge in [0.25, 0.3) is 0 Å². The molecule has 1 heterocycles. The standard InChI is InChI=1S/C12H7BrF3NO.C6H5BrO/c13-9-2-1-3-10(6-9)18-11-5-4-8(7-17-11)12(14,15)16;7-5-2-1-3-6(8)4-5/h1-7H;1-4,8H. The Kier molecular flexibility index (Phi) is 7.05. The third-order valence-corrected chi connectivity index (χ3v) is 3.88. The number of rotatable bonds is 2. The molecule has 0 spiro atoms. The zero-order valence-corrected chi connectivity index (χ0v) is 16.2. The first-order valence-corrected chi connectivity index (χ1v) is 8.74. The van der Waals surface area contributed by atoms with Crippen LogP contribution in [0, 0.1) is 0 Å². The summed E-state index contributed by atoms with van der Waals surface area (Å²) < 4.78 is 44.0. The van der Waals surface area contributed by atoms with Crippen LogP contribution < -0.4 is 4.74 Å². The van der Waals surface area contributed by atoms with Gasteiger partial charge in [-0.15, -0.1) is 0 Å². The minimum absolute atomic E-state index is 0.112. The predicted octanol–water partition coefficient (Wildman–Crippen LogP) is 6.81. The van der Waals surface area contributed by atoms with E-state index in [4.69, 9.17) is 9.84 Å². The fraction of sp³-hybridized carbons (Fsp3) is 0.0556. The van der Waals surface area contributed by atoms with Crippen molar-refractivity contribution in [2.24, 2.45) is 0 Å². The van der Waals surface area contributed by atoms with E-state index in [9.17, 15) is 13.2 Å². The normalized spacial score (nSPS) is 10.7. The SMILES string of the molecule is FC(F)(F)c1ccc(Oc2cccc(Br)c2)nc1.Oc1cccc(Br)c1. The van der Waals surface area contributed by atoms with Crippen LogP contribution in [0.3, 0.4) is 0 Å². The second kappa shape index (κ2) is 9.05. The first-order chi connectivity index (χ1) is 12.2. The van der Waals surface area contributed by atoms with Crippen molar-refractivity contribution in [1.82, 2.24) is 4.98 Å². The summed E-state index contributed by atoms with van der Waals surface area (Å²) in [5.74, 6) is 0.900. The molecule has 8 heteroatoms. The average molecular weight is 491 g/mol. The van der Waals surface area contributed by atoms with E-state index >= 15 is 0 Å². The molecule has 3 nitrogen and oxygen atoms in total. The number of aromatic hydroxyl groups is 1. The lowest BCUT2D eigenvalue weighted by atomic mass is 10.3. The topological polar surface area (TPSA) is 42.4 Å². The highest BCUT2D eigenvalue weighted by molar-refractivity contribution is 9.10. The Labute approximate surface area is 164 Å².